The van der Waals surface area contributed by atoms with Crippen molar-refractivity contribution < 1.29 is 47.6 Å². The summed E-state index contributed by atoms with van der Waals surface area (Å²) in [5.74, 6) is -0.968. The number of rotatable bonds is 1. The van der Waals surface area contributed by atoms with Crippen LogP contribution in [0.1, 0.15) is 0 Å². The van der Waals surface area contributed by atoms with Crippen molar-refractivity contribution in [1.82, 2.24) is 0 Å². The first-order valence-corrected chi connectivity index (χ1v) is 1.19. The van der Waals surface area contributed by atoms with Gasteiger partial charge in [0.2, 0.25) is 0 Å². The average Bonchev–Trinajstić information content (AvgIpc) is 1.38. The van der Waals surface area contributed by atoms with E-state index >= 15 is 0 Å². The van der Waals surface area contributed by atoms with Crippen LogP contribution in [-0.4, -0.2) is 17.6 Å². The number of carboxylic acid groups (broad SMARTS) is 1. The van der Waals surface area contributed by atoms with E-state index < -0.39 is 5.97 Å². The van der Waals surface area contributed by atoms with E-state index in [4.69, 9.17) is 5.11 Å². The fourth-order valence-electron chi connectivity index (χ4n) is 0. The molecule has 0 aliphatic heterocycles. The summed E-state index contributed by atoms with van der Waals surface area (Å²) >= 11 is 0. The van der Waals surface area contributed by atoms with E-state index in [9.17, 15) is 4.79 Å². The number of hydrogen-bond donors (Lipinski definition) is 2. The minimum atomic E-state index is -0.968. The van der Waals surface area contributed by atoms with Gasteiger partial charge in [0.25, 0.3) is 0 Å². The third-order valence-corrected chi connectivity index (χ3v) is 0.175. The van der Waals surface area contributed by atoms with E-state index in [1.807, 2.05) is 0 Å². The van der Waals surface area contributed by atoms with Crippen molar-refractivity contribution in [2.45, 2.75) is 0 Å². The van der Waals surface area contributed by atoms with Gasteiger partial charge < -0.3 is 10.8 Å². The molecule has 0 aromatic heterocycles. The standard InChI is InChI=1S/C2H5NO2.Ar/c3-1-2(4)5;/h1,3H2,(H,4,5);. The van der Waals surface area contributed by atoms with Crippen LogP contribution >= 0.6 is 0 Å². The summed E-state index contributed by atoms with van der Waals surface area (Å²) in [7, 11) is 0. The molecule has 0 fully saturated rings. The second-order valence-electron chi connectivity index (χ2n) is 0.598. The quantitative estimate of drug-likeness (QED) is 0.462. The van der Waals surface area contributed by atoms with Crippen molar-refractivity contribution >= 4 is 5.97 Å². The van der Waals surface area contributed by atoms with Crippen molar-refractivity contribution in [3.63, 3.8) is 0 Å². The Balaban J connectivity index is 0. The summed E-state index contributed by atoms with van der Waals surface area (Å²) in [5, 5.41) is 7.60. The summed E-state index contributed by atoms with van der Waals surface area (Å²) < 4.78 is 0. The largest absolute Gasteiger partial charge is 0.480 e. The third-order valence-electron chi connectivity index (χ3n) is 0.175. The monoisotopic (exact) mass is 115 g/mol. The Labute approximate surface area is 65.5 Å². The number of carboxylic acids is 1. The van der Waals surface area contributed by atoms with Gasteiger partial charge in [-0.25, -0.2) is 0 Å². The molecule has 0 rings (SSSR count). The van der Waals surface area contributed by atoms with Gasteiger partial charge in [-0.15, -0.1) is 0 Å². The second-order valence-corrected chi connectivity index (χ2v) is 0.598. The topological polar surface area (TPSA) is 63.3 Å². The minimum Gasteiger partial charge on any atom is -0.480 e. The molecule has 3 N–H and O–H groups in total. The van der Waals surface area contributed by atoms with Crippen LogP contribution in [0.4, 0.5) is 0 Å². The van der Waals surface area contributed by atoms with E-state index in [0.29, 0.717) is 0 Å². The first-order chi connectivity index (χ1) is 2.27. The van der Waals surface area contributed by atoms with Crippen LogP contribution in [0.3, 0.4) is 0 Å². The van der Waals surface area contributed by atoms with Crippen LogP contribution in [-0.2, 0) is 4.79 Å². The average molecular weight is 115 g/mol. The van der Waals surface area contributed by atoms with E-state index in [1.54, 1.807) is 0 Å². The van der Waals surface area contributed by atoms with Gasteiger partial charge in [0.1, 0.15) is 0 Å². The van der Waals surface area contributed by atoms with Crippen LogP contribution in [0.2, 0.25) is 0 Å². The maximum absolute atomic E-state index is 9.24. The Bertz CT molecular complexity index is 46.8. The van der Waals surface area contributed by atoms with Gasteiger partial charge in [-0.05, 0) is 0 Å². The van der Waals surface area contributed by atoms with Gasteiger partial charge in [0.15, 0.2) is 0 Å². The smallest absolute Gasteiger partial charge is 0.317 e. The Kier molecular flexibility index (Phi) is 9.34. The molecule has 0 aliphatic rings. The van der Waals surface area contributed by atoms with Gasteiger partial charge in [0.05, 0.1) is 6.54 Å². The molecule has 0 bridgehead atoms. The van der Waals surface area contributed by atoms with Crippen molar-refractivity contribution in [3.05, 3.63) is 0 Å². The third kappa shape index (κ3) is 8.83. The van der Waals surface area contributed by atoms with Crippen LogP contribution in [0.15, 0.2) is 0 Å². The number of hydrogen-bond acceptors (Lipinski definition) is 2. The van der Waals surface area contributed by atoms with E-state index in [-0.39, 0.29) is 44.3 Å². The fraction of sp³-hybridized carbons (Fsp3) is 0.500. The summed E-state index contributed by atoms with van der Waals surface area (Å²) in [6.45, 7) is -0.278. The molecular formula is C2H5ArNO2. The van der Waals surface area contributed by atoms with Crippen LogP contribution in [0, 0.1) is 37.7 Å². The van der Waals surface area contributed by atoms with Crippen LogP contribution < -0.4 is 5.73 Å². The maximum atomic E-state index is 9.24. The van der Waals surface area contributed by atoms with E-state index in [1.165, 1.54) is 0 Å². The van der Waals surface area contributed by atoms with Gasteiger partial charge >= 0.3 is 5.97 Å². The molecule has 0 saturated carbocycles. The van der Waals surface area contributed by atoms with Gasteiger partial charge in [-0.2, -0.15) is 0 Å². The van der Waals surface area contributed by atoms with E-state index in [0.717, 1.165) is 0 Å². The Morgan fingerprint density at radius 2 is 2.00 bits per heavy atom. The molecule has 38 valence electrons. The SMILES string of the molecule is NCC(=O)O.[Ar]. The van der Waals surface area contributed by atoms with Crippen LogP contribution in [0.5, 0.6) is 0 Å². The van der Waals surface area contributed by atoms with Gasteiger partial charge in [-0.3, -0.25) is 4.79 Å². The fourth-order valence-corrected chi connectivity index (χ4v) is 0. The molecule has 3 nitrogen and oxygen atoms in total. The molecule has 0 atom stereocenters. The molecular weight excluding hydrogens is 110 g/mol. The normalized spacial score (nSPS) is 6.17. The van der Waals surface area contributed by atoms with Crippen molar-refractivity contribution in [2.24, 2.45) is 5.73 Å². The molecule has 0 heterocycles. The zero-order valence-corrected chi connectivity index (χ0v) is 3.70. The molecule has 0 saturated heterocycles. The maximum Gasteiger partial charge on any atom is 0.317 e. The van der Waals surface area contributed by atoms with Crippen molar-refractivity contribution in [3.8, 4) is 0 Å². The number of nitrogens with two attached hydrogens (primary N) is 1. The molecule has 0 amide bonds. The molecule has 0 aromatic rings. The summed E-state index contributed by atoms with van der Waals surface area (Å²) in [4.78, 5) is 9.24. The molecule has 0 spiro atoms. The number of aliphatic carboxylic acids is 1. The molecule has 0 radical (unpaired) electrons. The zero-order valence-electron chi connectivity index (χ0n) is 2.99. The first kappa shape index (κ1) is 9.85. The molecule has 6 heavy (non-hydrogen) atoms. The first-order valence-electron chi connectivity index (χ1n) is 1.19. The molecule has 0 aromatic carbocycles. The molecule has 4 heteroatoms. The van der Waals surface area contributed by atoms with Crippen LogP contribution in [0.25, 0.3) is 0 Å². The summed E-state index contributed by atoms with van der Waals surface area (Å²) in [6, 6.07) is 0. The number of carbonyl (C=O) groups is 1. The van der Waals surface area contributed by atoms with Crippen molar-refractivity contribution in [2.75, 3.05) is 6.54 Å². The summed E-state index contributed by atoms with van der Waals surface area (Å²) in [5.41, 5.74) is 4.57. The van der Waals surface area contributed by atoms with Gasteiger partial charge in [0, 0.05) is 37.7 Å². The van der Waals surface area contributed by atoms with E-state index in [2.05, 4.69) is 5.73 Å². The predicted octanol–water partition coefficient (Wildman–Crippen LogP) is -0.970. The zero-order chi connectivity index (χ0) is 4.28. The minimum absolute atomic E-state index is 0. The summed E-state index contributed by atoms with van der Waals surface area (Å²) in [6.07, 6.45) is 0. The Hall–Kier alpha value is 0.690. The van der Waals surface area contributed by atoms with Crippen molar-refractivity contribution in [1.29, 1.82) is 0 Å². The Morgan fingerprint density at radius 1 is 1.83 bits per heavy atom. The second kappa shape index (κ2) is 5.69. The Morgan fingerprint density at radius 3 is 2.00 bits per heavy atom. The van der Waals surface area contributed by atoms with Gasteiger partial charge in [-0.1, -0.05) is 0 Å². The molecule has 0 aliphatic carbocycles. The molecule has 0 unspecified atom stereocenters. The predicted molar refractivity (Wildman–Crippen MR) is 16.7 cm³/mol.